The molecule has 3 saturated heterocycles. The van der Waals surface area contributed by atoms with Gasteiger partial charge in [-0.15, -0.1) is 0 Å². The molecule has 0 bridgehead atoms. The van der Waals surface area contributed by atoms with Gasteiger partial charge in [0.1, 0.15) is 54.9 Å². The highest BCUT2D eigenvalue weighted by Gasteiger charge is 2.66. The van der Waals surface area contributed by atoms with Crippen molar-refractivity contribution in [1.29, 1.82) is 0 Å². The number of hydrogen-bond donors (Lipinski definition) is 15. The van der Waals surface area contributed by atoms with E-state index in [0.29, 0.717) is 0 Å². The molecule has 3 aliphatic heterocycles. The predicted octanol–water partition coefficient (Wildman–Crippen LogP) is -9.50. The summed E-state index contributed by atoms with van der Waals surface area (Å²) in [7, 11) is -6.41. The molecule has 41 heavy (non-hydrogen) atoms. The summed E-state index contributed by atoms with van der Waals surface area (Å²) < 4.78 is 41.9. The minimum absolute atomic E-state index is 1.20. The first-order chi connectivity index (χ1) is 18.8. The van der Waals surface area contributed by atoms with Crippen LogP contribution in [0.25, 0.3) is 0 Å². The van der Waals surface area contributed by atoms with Crippen molar-refractivity contribution in [3.63, 3.8) is 0 Å². The van der Waals surface area contributed by atoms with Crippen molar-refractivity contribution in [1.82, 2.24) is 0 Å². The van der Waals surface area contributed by atoms with Crippen molar-refractivity contribution in [2.75, 3.05) is 19.8 Å². The van der Waals surface area contributed by atoms with Crippen LogP contribution in [0.5, 0.6) is 0 Å². The third kappa shape index (κ3) is 6.45. The number of rotatable bonds is 9. The molecule has 0 saturated carbocycles. The third-order valence-corrected chi connectivity index (χ3v) is 7.97. The van der Waals surface area contributed by atoms with Crippen molar-refractivity contribution in [2.45, 2.75) is 91.2 Å². The van der Waals surface area contributed by atoms with Gasteiger partial charge in [-0.3, -0.25) is 0 Å². The van der Waals surface area contributed by atoms with Gasteiger partial charge >= 0.3 is 25.7 Å². The van der Waals surface area contributed by atoms with Crippen LogP contribution in [0.3, 0.4) is 0 Å². The summed E-state index contributed by atoms with van der Waals surface area (Å²) in [6.07, 6.45) is -28.3. The summed E-state index contributed by atoms with van der Waals surface area (Å²) in [6.45, 7) is -3.61. The van der Waals surface area contributed by atoms with Crippen LogP contribution in [0, 0.1) is 0 Å². The molecule has 3 fully saturated rings. The molecule has 0 aliphatic carbocycles. The van der Waals surface area contributed by atoms with E-state index in [9.17, 15) is 81.2 Å². The van der Waals surface area contributed by atoms with Gasteiger partial charge in [-0.05, 0) is 0 Å². The normalized spacial score (nSPS) is 52.7. The van der Waals surface area contributed by atoms with Gasteiger partial charge in [0.05, 0.1) is 19.8 Å². The quantitative estimate of drug-likeness (QED) is 0.0828. The first kappa shape index (κ1) is 34.9. The Morgan fingerprint density at radius 3 is 0.902 bits per heavy atom. The molecule has 15 N–H and O–H groups in total. The maximum absolute atomic E-state index is 13.9. The lowest BCUT2D eigenvalue weighted by Crippen LogP contribution is -2.68. The van der Waals surface area contributed by atoms with Crippen LogP contribution in [0.15, 0.2) is 0 Å². The van der Waals surface area contributed by atoms with E-state index in [1.807, 2.05) is 0 Å². The summed E-state index contributed by atoms with van der Waals surface area (Å²) in [4.78, 5) is 0. The van der Waals surface area contributed by atoms with Crippen LogP contribution in [0.2, 0.25) is 0 Å². The lowest BCUT2D eigenvalue weighted by Gasteiger charge is -2.49. The second-order valence-corrected chi connectivity index (χ2v) is 10.9. The number of phosphoric acid groups is 1. The average Bonchev–Trinajstić information content (AvgIpc) is 2.91. The van der Waals surface area contributed by atoms with Crippen molar-refractivity contribution in [2.24, 2.45) is 0 Å². The van der Waals surface area contributed by atoms with Crippen molar-refractivity contribution < 1.29 is 109 Å². The summed E-state index contributed by atoms with van der Waals surface area (Å²) in [5.41, 5.74) is 0. The topological polar surface area (TPSA) is 376 Å². The largest absolute Gasteiger partial charge is 0.488 e. The Kier molecular flexibility index (Phi) is 10.6. The van der Waals surface area contributed by atoms with Gasteiger partial charge in [0.25, 0.3) is 0 Å². The van der Waals surface area contributed by atoms with Crippen LogP contribution in [-0.2, 0) is 32.3 Å². The second-order valence-electron chi connectivity index (χ2n) is 9.41. The highest BCUT2D eigenvalue weighted by molar-refractivity contribution is 7.48. The number of aliphatic hydroxyl groups excluding tert-OH is 12. The predicted molar refractivity (Wildman–Crippen MR) is 116 cm³/mol. The Hall–Kier alpha value is -0.610. The molecule has 15 unspecified atom stereocenters. The minimum atomic E-state index is -6.41. The highest BCUT2D eigenvalue weighted by Crippen LogP contribution is 2.60. The minimum Gasteiger partial charge on any atom is -0.394 e. The van der Waals surface area contributed by atoms with E-state index >= 15 is 0 Å². The molecule has 0 amide bonds. The lowest BCUT2D eigenvalue weighted by atomic mass is 9.98. The van der Waals surface area contributed by atoms with Crippen molar-refractivity contribution >= 4 is 7.82 Å². The molecule has 0 aromatic heterocycles. The molecule has 22 nitrogen and oxygen atoms in total. The molecule has 3 aliphatic rings. The zero-order valence-electron chi connectivity index (χ0n) is 20.6. The van der Waals surface area contributed by atoms with Crippen LogP contribution < -0.4 is 0 Å². The summed E-state index contributed by atoms with van der Waals surface area (Å²) in [5.74, 6) is -11.7. The Labute approximate surface area is 228 Å². The number of phosphoric ester groups is 1. The van der Waals surface area contributed by atoms with Crippen LogP contribution in [0.4, 0.5) is 0 Å². The van der Waals surface area contributed by atoms with Crippen molar-refractivity contribution in [3.8, 4) is 0 Å². The van der Waals surface area contributed by atoms with Crippen LogP contribution in [0.1, 0.15) is 0 Å². The first-order valence-electron chi connectivity index (χ1n) is 11.7. The van der Waals surface area contributed by atoms with Gasteiger partial charge in [-0.2, -0.15) is 0 Å². The summed E-state index contributed by atoms with van der Waals surface area (Å²) in [6, 6.07) is 0. The van der Waals surface area contributed by atoms with E-state index in [1.54, 1.807) is 0 Å². The fourth-order valence-electron chi connectivity index (χ4n) is 4.14. The Bertz CT molecular complexity index is 824. The van der Waals surface area contributed by atoms with E-state index in [2.05, 4.69) is 13.6 Å². The summed E-state index contributed by atoms with van der Waals surface area (Å²) in [5, 5.41) is 151. The number of aliphatic hydroxyl groups is 15. The second kappa shape index (κ2) is 12.4. The van der Waals surface area contributed by atoms with Gasteiger partial charge in [0.15, 0.2) is 18.3 Å². The van der Waals surface area contributed by atoms with Gasteiger partial charge in [-0.25, -0.2) is 18.1 Å². The Morgan fingerprint density at radius 1 is 0.488 bits per heavy atom. The Balaban J connectivity index is 2.07. The van der Waals surface area contributed by atoms with Gasteiger partial charge in [0.2, 0.25) is 0 Å². The zero-order valence-corrected chi connectivity index (χ0v) is 21.5. The maximum atomic E-state index is 13.9. The first-order valence-corrected chi connectivity index (χ1v) is 13.2. The van der Waals surface area contributed by atoms with Crippen LogP contribution in [-0.4, -0.2) is 188 Å². The molecule has 3 heterocycles. The fourth-order valence-corrected chi connectivity index (χ4v) is 5.66. The average molecular weight is 632 g/mol. The number of ether oxygens (including phenoxy) is 3. The monoisotopic (exact) mass is 632 g/mol. The van der Waals surface area contributed by atoms with Gasteiger partial charge in [-0.1, -0.05) is 0 Å². The SMILES string of the molecule is O=P(OC1(O)OC(CO)C(O)C(O)C1O)(OC1(O)OC(CO)C(O)C(O)C1O)OC1(O)OC(CO)C(O)C(O)C1O. The molecule has 0 aromatic rings. The standard InChI is InChI=1S/C18H33O22P/c19-1-4-7(22)10(25)13(28)16(31,35-4)38-41(34,39-17(32)14(29)11(26)8(23)5(2-20)36-17)40-18(33)15(30)12(27)9(24)6(3-21)37-18/h4-15,19-33H,1-3H2. The van der Waals surface area contributed by atoms with Gasteiger partial charge < -0.3 is 90.8 Å². The molecule has 0 radical (unpaired) electrons. The number of hydrogen-bond acceptors (Lipinski definition) is 22. The van der Waals surface area contributed by atoms with Crippen LogP contribution >= 0.6 is 7.82 Å². The molecule has 0 aromatic carbocycles. The van der Waals surface area contributed by atoms with Gasteiger partial charge in [0, 0.05) is 0 Å². The molecular formula is C18H33O22P. The lowest BCUT2D eigenvalue weighted by molar-refractivity contribution is -0.460. The molecular weight excluding hydrogens is 599 g/mol. The Morgan fingerprint density at radius 2 is 0.707 bits per heavy atom. The maximum Gasteiger partial charge on any atom is 0.488 e. The van der Waals surface area contributed by atoms with E-state index < -0.39 is 119 Å². The van der Waals surface area contributed by atoms with E-state index in [0.717, 1.165) is 0 Å². The third-order valence-electron chi connectivity index (χ3n) is 6.51. The highest BCUT2D eigenvalue weighted by atomic mass is 31.2. The van der Waals surface area contributed by atoms with E-state index in [-0.39, 0.29) is 0 Å². The van der Waals surface area contributed by atoms with E-state index in [1.165, 1.54) is 0 Å². The zero-order chi connectivity index (χ0) is 31.3. The smallest absolute Gasteiger partial charge is 0.394 e. The molecule has 23 heteroatoms. The molecule has 242 valence electrons. The molecule has 3 rings (SSSR count). The van der Waals surface area contributed by atoms with Crippen molar-refractivity contribution in [3.05, 3.63) is 0 Å². The molecule has 0 spiro atoms. The van der Waals surface area contributed by atoms with E-state index in [4.69, 9.17) is 14.2 Å². The summed E-state index contributed by atoms with van der Waals surface area (Å²) >= 11 is 0. The molecule has 15 atom stereocenters. The fraction of sp³-hybridized carbons (Fsp3) is 1.00.